The van der Waals surface area contributed by atoms with Crippen LogP contribution in [0.3, 0.4) is 0 Å². The van der Waals surface area contributed by atoms with Gasteiger partial charge < -0.3 is 14.8 Å². The van der Waals surface area contributed by atoms with Crippen LogP contribution in [0.4, 0.5) is 16.2 Å². The lowest BCUT2D eigenvalue weighted by Gasteiger charge is -2.42. The molecule has 1 N–H and O–H groups in total. The molecule has 194 valence electrons. The maximum atomic E-state index is 14.2. The third kappa shape index (κ3) is 3.87. The molecule has 0 fully saturated rings. The van der Waals surface area contributed by atoms with E-state index in [9.17, 15) is 9.59 Å². The largest absolute Gasteiger partial charge is 0.494 e. The van der Waals surface area contributed by atoms with E-state index in [1.807, 2.05) is 44.2 Å². The maximum absolute atomic E-state index is 14.2. The van der Waals surface area contributed by atoms with E-state index in [-0.39, 0.29) is 24.6 Å². The summed E-state index contributed by atoms with van der Waals surface area (Å²) in [5, 5.41) is 4.03. The summed E-state index contributed by atoms with van der Waals surface area (Å²) in [5.74, 6) is 1.05. The van der Waals surface area contributed by atoms with Crippen molar-refractivity contribution in [2.24, 2.45) is 4.99 Å². The first-order valence-electron chi connectivity index (χ1n) is 12.2. The average Bonchev–Trinajstić information content (AvgIpc) is 3.28. The Balaban J connectivity index is 1.63. The van der Waals surface area contributed by atoms with E-state index in [2.05, 4.69) is 5.32 Å². The number of anilines is 2. The highest BCUT2D eigenvalue weighted by Crippen LogP contribution is 2.54. The van der Waals surface area contributed by atoms with Crippen LogP contribution in [0.5, 0.6) is 11.5 Å². The SMILES string of the molecule is COc1cc(OC(C)C)c2c3c1NC(=O)CN3C(=O)N1C2=N[C@@H](c2cccc(Cl)c2)[C@H]1c1ccc(Cl)cc1. The summed E-state index contributed by atoms with van der Waals surface area (Å²) in [6, 6.07) is 15.2. The molecule has 3 heterocycles. The number of methoxy groups -OCH3 is 1. The molecule has 0 saturated heterocycles. The standard InChI is InChI=1S/C28H24Cl2N4O4/c1-14(2)38-19-12-20(37-3)24-26-22(19)27-32-23(16-5-4-6-18(30)11-16)25(15-7-9-17(29)10-8-15)34(27)28(36)33(26)13-21(35)31-24/h4-12,14,23,25H,13H2,1-3H3,(H,31,35)/t23-,25+/m0/s1. The number of carbonyl (C=O) groups excluding carboxylic acids is 2. The number of amides is 3. The van der Waals surface area contributed by atoms with Gasteiger partial charge in [0.15, 0.2) is 0 Å². The molecule has 3 aromatic carbocycles. The average molecular weight is 551 g/mol. The Labute approximate surface area is 229 Å². The number of hydrogen-bond acceptors (Lipinski definition) is 5. The highest BCUT2D eigenvalue weighted by Gasteiger charge is 2.51. The second kappa shape index (κ2) is 9.22. The molecule has 6 rings (SSSR count). The van der Waals surface area contributed by atoms with Crippen molar-refractivity contribution in [2.45, 2.75) is 32.0 Å². The van der Waals surface area contributed by atoms with Gasteiger partial charge in [-0.3, -0.25) is 19.6 Å². The second-order valence-electron chi connectivity index (χ2n) is 9.58. The summed E-state index contributed by atoms with van der Waals surface area (Å²) in [4.78, 5) is 35.2. The van der Waals surface area contributed by atoms with E-state index < -0.39 is 12.1 Å². The molecule has 0 aromatic heterocycles. The van der Waals surface area contributed by atoms with Crippen molar-refractivity contribution in [3.05, 3.63) is 81.3 Å². The van der Waals surface area contributed by atoms with E-state index in [0.29, 0.717) is 44.3 Å². The molecule has 10 heteroatoms. The molecule has 0 unspecified atom stereocenters. The number of amidine groups is 1. The quantitative estimate of drug-likeness (QED) is 0.408. The van der Waals surface area contributed by atoms with Gasteiger partial charge in [0.1, 0.15) is 35.6 Å². The van der Waals surface area contributed by atoms with Crippen molar-refractivity contribution >= 4 is 52.4 Å². The molecule has 2 atom stereocenters. The molecule has 3 aliphatic rings. The lowest BCUT2D eigenvalue weighted by molar-refractivity contribution is -0.115. The van der Waals surface area contributed by atoms with Gasteiger partial charge in [-0.05, 0) is 49.2 Å². The fraction of sp³-hybridized carbons (Fsp3) is 0.250. The first-order chi connectivity index (χ1) is 18.3. The van der Waals surface area contributed by atoms with Crippen LogP contribution in [-0.2, 0) is 4.79 Å². The van der Waals surface area contributed by atoms with Crippen LogP contribution in [0.25, 0.3) is 0 Å². The van der Waals surface area contributed by atoms with Crippen molar-refractivity contribution in [3.8, 4) is 11.5 Å². The first-order valence-corrected chi connectivity index (χ1v) is 12.9. The Bertz CT molecular complexity index is 1510. The topological polar surface area (TPSA) is 83.5 Å². The Morgan fingerprint density at radius 3 is 2.45 bits per heavy atom. The highest BCUT2D eigenvalue weighted by molar-refractivity contribution is 6.31. The fourth-order valence-electron chi connectivity index (χ4n) is 5.30. The van der Waals surface area contributed by atoms with Crippen molar-refractivity contribution in [1.29, 1.82) is 0 Å². The van der Waals surface area contributed by atoms with Gasteiger partial charge in [0.05, 0.1) is 30.5 Å². The molecule has 0 saturated carbocycles. The van der Waals surface area contributed by atoms with Gasteiger partial charge in [0.2, 0.25) is 5.91 Å². The van der Waals surface area contributed by atoms with Gasteiger partial charge >= 0.3 is 6.03 Å². The molecule has 0 aliphatic carbocycles. The number of urea groups is 1. The number of carbonyl (C=O) groups is 2. The number of aliphatic imine (C=N–C) groups is 1. The molecule has 38 heavy (non-hydrogen) atoms. The van der Waals surface area contributed by atoms with Crippen LogP contribution < -0.4 is 19.7 Å². The fourth-order valence-corrected chi connectivity index (χ4v) is 5.63. The van der Waals surface area contributed by atoms with Gasteiger partial charge in [-0.2, -0.15) is 0 Å². The number of hydrogen-bond donors (Lipinski definition) is 1. The minimum absolute atomic E-state index is 0.147. The van der Waals surface area contributed by atoms with Crippen LogP contribution in [0.2, 0.25) is 10.0 Å². The number of nitrogens with one attached hydrogen (secondary N) is 1. The monoisotopic (exact) mass is 550 g/mol. The normalized spacial score (nSPS) is 19.7. The highest BCUT2D eigenvalue weighted by atomic mass is 35.5. The van der Waals surface area contributed by atoms with E-state index in [0.717, 1.165) is 11.1 Å². The Morgan fingerprint density at radius 1 is 1.00 bits per heavy atom. The molecule has 0 spiro atoms. The van der Waals surface area contributed by atoms with Crippen LogP contribution in [-0.4, -0.2) is 42.4 Å². The summed E-state index contributed by atoms with van der Waals surface area (Å²) in [6.45, 7) is 3.70. The number of benzene rings is 3. The van der Waals surface area contributed by atoms with Crippen molar-refractivity contribution in [2.75, 3.05) is 23.9 Å². The number of rotatable bonds is 5. The Morgan fingerprint density at radius 2 is 1.76 bits per heavy atom. The maximum Gasteiger partial charge on any atom is 0.331 e. The molecule has 0 radical (unpaired) electrons. The van der Waals surface area contributed by atoms with E-state index in [4.69, 9.17) is 37.7 Å². The summed E-state index contributed by atoms with van der Waals surface area (Å²) < 4.78 is 11.8. The van der Waals surface area contributed by atoms with E-state index >= 15 is 0 Å². The molecule has 3 aliphatic heterocycles. The van der Waals surface area contributed by atoms with Gasteiger partial charge in [-0.25, -0.2) is 4.79 Å². The van der Waals surface area contributed by atoms with Crippen LogP contribution >= 0.6 is 23.2 Å². The second-order valence-corrected chi connectivity index (χ2v) is 10.5. The minimum Gasteiger partial charge on any atom is -0.494 e. The third-order valence-corrected chi connectivity index (χ3v) is 7.26. The Kier molecular flexibility index (Phi) is 5.96. The van der Waals surface area contributed by atoms with Gasteiger partial charge in [-0.15, -0.1) is 0 Å². The lowest BCUT2D eigenvalue weighted by atomic mass is 9.93. The zero-order chi connectivity index (χ0) is 26.7. The summed E-state index contributed by atoms with van der Waals surface area (Å²) in [7, 11) is 1.51. The number of nitrogens with zero attached hydrogens (tertiary/aromatic N) is 3. The zero-order valence-electron chi connectivity index (χ0n) is 20.9. The first kappa shape index (κ1) is 24.6. The van der Waals surface area contributed by atoms with Crippen LogP contribution in [0.15, 0.2) is 59.6 Å². The summed E-state index contributed by atoms with van der Waals surface area (Å²) >= 11 is 12.6. The third-order valence-electron chi connectivity index (χ3n) is 6.78. The zero-order valence-corrected chi connectivity index (χ0v) is 22.4. The predicted octanol–water partition coefficient (Wildman–Crippen LogP) is 6.23. The molecule has 3 aromatic rings. The van der Waals surface area contributed by atoms with Crippen molar-refractivity contribution < 1.29 is 19.1 Å². The van der Waals surface area contributed by atoms with Crippen molar-refractivity contribution in [3.63, 3.8) is 0 Å². The minimum atomic E-state index is -0.510. The number of halogens is 2. The number of fused-ring (bicyclic) bond motifs is 2. The summed E-state index contributed by atoms with van der Waals surface area (Å²) in [5.41, 5.74) is 3.25. The lowest BCUT2D eigenvalue weighted by Crippen LogP contribution is -2.55. The van der Waals surface area contributed by atoms with E-state index in [1.165, 1.54) is 12.0 Å². The van der Waals surface area contributed by atoms with Crippen molar-refractivity contribution in [1.82, 2.24) is 4.90 Å². The van der Waals surface area contributed by atoms with Gasteiger partial charge in [0.25, 0.3) is 0 Å². The molecular weight excluding hydrogens is 527 g/mol. The summed E-state index contributed by atoms with van der Waals surface area (Å²) in [6.07, 6.45) is -0.162. The molecule has 0 bridgehead atoms. The number of ether oxygens (including phenoxy) is 2. The van der Waals surface area contributed by atoms with Crippen LogP contribution in [0, 0.1) is 0 Å². The predicted molar refractivity (Wildman–Crippen MR) is 147 cm³/mol. The molecule has 3 amide bonds. The van der Waals surface area contributed by atoms with Gasteiger partial charge in [0, 0.05) is 16.1 Å². The Hall–Kier alpha value is -3.75. The smallest absolute Gasteiger partial charge is 0.331 e. The molecule has 8 nitrogen and oxygen atoms in total. The van der Waals surface area contributed by atoms with Crippen LogP contribution in [0.1, 0.15) is 42.6 Å². The molecular formula is C28H24Cl2N4O4. The van der Waals surface area contributed by atoms with E-state index in [1.54, 1.807) is 29.2 Å². The van der Waals surface area contributed by atoms with Gasteiger partial charge in [-0.1, -0.05) is 47.5 Å².